The molecule has 0 radical (unpaired) electrons. The number of nitrogens with zero attached hydrogens (tertiary/aromatic N) is 4. The lowest BCUT2D eigenvalue weighted by atomic mass is 10.1. The van der Waals surface area contributed by atoms with E-state index in [1.807, 2.05) is 36.7 Å². The molecule has 0 fully saturated rings. The molecule has 3 aromatic heterocycles. The Kier molecular flexibility index (Phi) is 5.46. The number of thiazole rings is 1. The first kappa shape index (κ1) is 20.0. The molecule has 0 aliphatic heterocycles. The summed E-state index contributed by atoms with van der Waals surface area (Å²) < 4.78 is 1.91. The van der Waals surface area contributed by atoms with Crippen molar-refractivity contribution in [2.45, 2.75) is 34.2 Å². The standard InChI is InChI=1S/C23H23N5OS/c1-14-5-6-19(15(2)11-14)23-27-16(3)21(30-23)22(29)26-13-18-7-8-25-20(12-18)28-10-9-24-17(28)4/h5-12H,13H2,1-4H3,(H,26,29). The van der Waals surface area contributed by atoms with Gasteiger partial charge in [-0.1, -0.05) is 23.8 Å². The van der Waals surface area contributed by atoms with Crippen molar-refractivity contribution in [1.29, 1.82) is 0 Å². The maximum absolute atomic E-state index is 12.8. The van der Waals surface area contributed by atoms with E-state index in [4.69, 9.17) is 0 Å². The molecule has 4 aromatic rings. The highest BCUT2D eigenvalue weighted by atomic mass is 32.1. The minimum atomic E-state index is -0.113. The van der Waals surface area contributed by atoms with Gasteiger partial charge in [-0.2, -0.15) is 0 Å². The van der Waals surface area contributed by atoms with E-state index in [0.29, 0.717) is 11.4 Å². The molecule has 0 aliphatic rings. The maximum atomic E-state index is 12.8. The van der Waals surface area contributed by atoms with Gasteiger partial charge in [0.2, 0.25) is 0 Å². The molecular formula is C23H23N5OS. The predicted octanol–water partition coefficient (Wildman–Crippen LogP) is 4.55. The summed E-state index contributed by atoms with van der Waals surface area (Å²) in [6.07, 6.45) is 5.35. The van der Waals surface area contributed by atoms with Crippen LogP contribution in [0.2, 0.25) is 0 Å². The molecule has 1 N–H and O–H groups in total. The van der Waals surface area contributed by atoms with Crippen LogP contribution < -0.4 is 5.32 Å². The van der Waals surface area contributed by atoms with E-state index in [2.05, 4.69) is 52.3 Å². The zero-order chi connectivity index (χ0) is 21.3. The number of nitrogens with one attached hydrogen (secondary N) is 1. The Labute approximate surface area is 179 Å². The lowest BCUT2D eigenvalue weighted by Crippen LogP contribution is -2.22. The van der Waals surface area contributed by atoms with Crippen molar-refractivity contribution in [2.24, 2.45) is 0 Å². The summed E-state index contributed by atoms with van der Waals surface area (Å²) in [5.41, 5.74) is 5.16. The number of hydrogen-bond donors (Lipinski definition) is 1. The summed E-state index contributed by atoms with van der Waals surface area (Å²) in [6.45, 7) is 8.36. The Morgan fingerprint density at radius 2 is 1.90 bits per heavy atom. The van der Waals surface area contributed by atoms with Crippen LogP contribution >= 0.6 is 11.3 Å². The summed E-state index contributed by atoms with van der Waals surface area (Å²) in [4.78, 5) is 26.7. The van der Waals surface area contributed by atoms with E-state index >= 15 is 0 Å². The van der Waals surface area contributed by atoms with Gasteiger partial charge >= 0.3 is 0 Å². The third-order valence-electron chi connectivity index (χ3n) is 4.95. The van der Waals surface area contributed by atoms with Crippen molar-refractivity contribution < 1.29 is 4.79 Å². The quantitative estimate of drug-likeness (QED) is 0.517. The van der Waals surface area contributed by atoms with Crippen molar-refractivity contribution in [3.8, 4) is 16.4 Å². The average Bonchev–Trinajstić information content (AvgIpc) is 3.32. The van der Waals surface area contributed by atoms with Gasteiger partial charge in [0.05, 0.1) is 5.69 Å². The molecule has 3 heterocycles. The fourth-order valence-corrected chi connectivity index (χ4v) is 4.43. The highest BCUT2D eigenvalue weighted by Gasteiger charge is 2.17. The number of carbonyl (C=O) groups is 1. The maximum Gasteiger partial charge on any atom is 0.263 e. The smallest absolute Gasteiger partial charge is 0.263 e. The Morgan fingerprint density at radius 3 is 2.63 bits per heavy atom. The first-order valence-electron chi connectivity index (χ1n) is 9.71. The Balaban J connectivity index is 1.50. The molecule has 0 unspecified atom stereocenters. The minimum absolute atomic E-state index is 0.113. The average molecular weight is 418 g/mol. The van der Waals surface area contributed by atoms with Crippen molar-refractivity contribution in [3.63, 3.8) is 0 Å². The van der Waals surface area contributed by atoms with Crippen LogP contribution in [0.15, 0.2) is 48.9 Å². The predicted molar refractivity (Wildman–Crippen MR) is 119 cm³/mol. The molecule has 0 saturated heterocycles. The normalized spacial score (nSPS) is 10.9. The second-order valence-corrected chi connectivity index (χ2v) is 8.30. The topological polar surface area (TPSA) is 72.7 Å². The molecule has 1 amide bonds. The monoisotopic (exact) mass is 417 g/mol. The number of pyridine rings is 1. The van der Waals surface area contributed by atoms with Gasteiger partial charge in [0.25, 0.3) is 5.91 Å². The van der Waals surface area contributed by atoms with Crippen LogP contribution in [0.4, 0.5) is 0 Å². The van der Waals surface area contributed by atoms with E-state index in [9.17, 15) is 4.79 Å². The van der Waals surface area contributed by atoms with Crippen molar-refractivity contribution >= 4 is 17.2 Å². The van der Waals surface area contributed by atoms with Crippen LogP contribution in [0, 0.1) is 27.7 Å². The molecule has 1 aromatic carbocycles. The number of hydrogen-bond acceptors (Lipinski definition) is 5. The molecule has 0 aliphatic carbocycles. The Morgan fingerprint density at radius 1 is 1.07 bits per heavy atom. The van der Waals surface area contributed by atoms with Gasteiger partial charge in [-0.05, 0) is 51.0 Å². The molecule has 0 spiro atoms. The molecule has 4 rings (SSSR count). The number of aromatic nitrogens is 4. The lowest BCUT2D eigenvalue weighted by Gasteiger charge is -2.08. The molecule has 30 heavy (non-hydrogen) atoms. The minimum Gasteiger partial charge on any atom is -0.347 e. The molecule has 6 nitrogen and oxygen atoms in total. The second-order valence-electron chi connectivity index (χ2n) is 7.30. The first-order chi connectivity index (χ1) is 14.4. The molecule has 0 atom stereocenters. The molecule has 0 bridgehead atoms. The highest BCUT2D eigenvalue weighted by Crippen LogP contribution is 2.30. The van der Waals surface area contributed by atoms with Crippen LogP contribution in [0.5, 0.6) is 0 Å². The zero-order valence-corrected chi connectivity index (χ0v) is 18.2. The van der Waals surface area contributed by atoms with Gasteiger partial charge in [-0.25, -0.2) is 15.0 Å². The van der Waals surface area contributed by atoms with Gasteiger partial charge in [-0.15, -0.1) is 11.3 Å². The van der Waals surface area contributed by atoms with Gasteiger partial charge in [0, 0.05) is 30.7 Å². The summed E-state index contributed by atoms with van der Waals surface area (Å²) in [6, 6.07) is 10.1. The lowest BCUT2D eigenvalue weighted by molar-refractivity contribution is 0.0954. The summed E-state index contributed by atoms with van der Waals surface area (Å²) in [7, 11) is 0. The van der Waals surface area contributed by atoms with E-state index < -0.39 is 0 Å². The third kappa shape index (κ3) is 4.02. The van der Waals surface area contributed by atoms with E-state index in [1.165, 1.54) is 16.9 Å². The van der Waals surface area contributed by atoms with Crippen LogP contribution in [-0.4, -0.2) is 25.4 Å². The highest BCUT2D eigenvalue weighted by molar-refractivity contribution is 7.17. The Bertz CT molecular complexity index is 1220. The molecular weight excluding hydrogens is 394 g/mol. The number of benzene rings is 1. The van der Waals surface area contributed by atoms with Gasteiger partial charge < -0.3 is 5.32 Å². The van der Waals surface area contributed by atoms with Gasteiger partial charge in [0.15, 0.2) is 0 Å². The largest absolute Gasteiger partial charge is 0.347 e. The fourth-order valence-electron chi connectivity index (χ4n) is 3.36. The molecule has 0 saturated carbocycles. The number of aryl methyl sites for hydroxylation is 4. The van der Waals surface area contributed by atoms with Crippen molar-refractivity contribution in [2.75, 3.05) is 0 Å². The number of imidazole rings is 1. The van der Waals surface area contributed by atoms with Crippen LogP contribution in [0.25, 0.3) is 16.4 Å². The SMILES string of the molecule is Cc1ccc(-c2nc(C)c(C(=O)NCc3ccnc(-n4ccnc4C)c3)s2)c(C)c1. The second kappa shape index (κ2) is 8.20. The number of amides is 1. The van der Waals surface area contributed by atoms with Crippen LogP contribution in [0.1, 0.15) is 37.9 Å². The van der Waals surface area contributed by atoms with Crippen LogP contribution in [-0.2, 0) is 6.54 Å². The fraction of sp³-hybridized carbons (Fsp3) is 0.217. The Hall–Kier alpha value is -3.32. The van der Waals surface area contributed by atoms with Crippen molar-refractivity contribution in [1.82, 2.24) is 24.8 Å². The third-order valence-corrected chi connectivity index (χ3v) is 6.14. The van der Waals surface area contributed by atoms with Crippen molar-refractivity contribution in [3.05, 3.63) is 82.0 Å². The number of carbonyl (C=O) groups excluding carboxylic acids is 1. The van der Waals surface area contributed by atoms with Crippen LogP contribution in [0.3, 0.4) is 0 Å². The van der Waals surface area contributed by atoms with Gasteiger partial charge in [-0.3, -0.25) is 9.36 Å². The summed E-state index contributed by atoms with van der Waals surface area (Å²) in [5, 5.41) is 3.88. The molecule has 152 valence electrons. The first-order valence-corrected chi connectivity index (χ1v) is 10.5. The van der Waals surface area contributed by atoms with E-state index in [1.54, 1.807) is 12.4 Å². The summed E-state index contributed by atoms with van der Waals surface area (Å²) >= 11 is 1.43. The van der Waals surface area contributed by atoms with E-state index in [-0.39, 0.29) is 5.91 Å². The molecule has 7 heteroatoms. The number of rotatable bonds is 5. The van der Waals surface area contributed by atoms with E-state index in [0.717, 1.165) is 39.0 Å². The summed E-state index contributed by atoms with van der Waals surface area (Å²) in [5.74, 6) is 1.53. The zero-order valence-electron chi connectivity index (χ0n) is 17.4. The van der Waals surface area contributed by atoms with Gasteiger partial charge in [0.1, 0.15) is 21.5 Å².